The predicted octanol–water partition coefficient (Wildman–Crippen LogP) is 2.17. The van der Waals surface area contributed by atoms with Crippen LogP contribution in [0.3, 0.4) is 0 Å². The van der Waals surface area contributed by atoms with Gasteiger partial charge in [0.25, 0.3) is 11.8 Å². The molecule has 23 heavy (non-hydrogen) atoms. The number of rotatable bonds is 4. The molecule has 0 spiro atoms. The van der Waals surface area contributed by atoms with Crippen molar-refractivity contribution in [3.05, 3.63) is 71.6 Å². The minimum atomic E-state index is -0.776. The van der Waals surface area contributed by atoms with Gasteiger partial charge in [-0.05, 0) is 31.2 Å². The summed E-state index contributed by atoms with van der Waals surface area (Å²) in [5.41, 5.74) is 0.912. The number of anilines is 1. The lowest BCUT2D eigenvalue weighted by atomic mass is 10.2. The van der Waals surface area contributed by atoms with Crippen LogP contribution in [0, 0.1) is 18.3 Å². The normalized spacial score (nSPS) is 10.5. The summed E-state index contributed by atoms with van der Waals surface area (Å²) in [4.78, 5) is 28.0. The standard InChI is InChI=1S/C17H14N4O2/c1-12-6-5-9-15(20-12)19-11-14(10-18)17(23)21-16(22)13-7-3-2-4-8-13/h2-9,11H,1H3,(H,19,20)(H,21,22,23)/b14-11-. The molecule has 1 heterocycles. The van der Waals surface area contributed by atoms with Gasteiger partial charge in [0.05, 0.1) is 0 Å². The maximum absolute atomic E-state index is 12.0. The van der Waals surface area contributed by atoms with Crippen LogP contribution in [-0.2, 0) is 4.79 Å². The molecule has 1 aromatic carbocycles. The van der Waals surface area contributed by atoms with Crippen molar-refractivity contribution in [2.24, 2.45) is 0 Å². The lowest BCUT2D eigenvalue weighted by Crippen LogP contribution is -2.31. The smallest absolute Gasteiger partial charge is 0.270 e. The van der Waals surface area contributed by atoms with E-state index >= 15 is 0 Å². The summed E-state index contributed by atoms with van der Waals surface area (Å²) >= 11 is 0. The molecule has 0 saturated carbocycles. The summed E-state index contributed by atoms with van der Waals surface area (Å²) in [6.07, 6.45) is 1.22. The minimum absolute atomic E-state index is 0.224. The summed E-state index contributed by atoms with van der Waals surface area (Å²) < 4.78 is 0. The quantitative estimate of drug-likeness (QED) is 0.667. The van der Waals surface area contributed by atoms with E-state index in [2.05, 4.69) is 15.6 Å². The lowest BCUT2D eigenvalue weighted by Gasteiger charge is -2.04. The van der Waals surface area contributed by atoms with E-state index < -0.39 is 11.8 Å². The number of imide groups is 1. The molecule has 0 aliphatic heterocycles. The summed E-state index contributed by atoms with van der Waals surface area (Å²) in [7, 11) is 0. The Bertz CT molecular complexity index is 792. The molecule has 6 heteroatoms. The van der Waals surface area contributed by atoms with Crippen molar-refractivity contribution in [3.8, 4) is 6.07 Å². The predicted molar refractivity (Wildman–Crippen MR) is 85.2 cm³/mol. The second-order valence-corrected chi connectivity index (χ2v) is 4.63. The zero-order chi connectivity index (χ0) is 16.7. The summed E-state index contributed by atoms with van der Waals surface area (Å²) in [6, 6.07) is 15.4. The third-order valence-corrected chi connectivity index (χ3v) is 2.88. The van der Waals surface area contributed by atoms with Crippen LogP contribution in [0.25, 0.3) is 0 Å². The number of benzene rings is 1. The van der Waals surface area contributed by atoms with Gasteiger partial charge in [-0.2, -0.15) is 5.26 Å². The Hall–Kier alpha value is -3.46. The maximum Gasteiger partial charge on any atom is 0.270 e. The van der Waals surface area contributed by atoms with Gasteiger partial charge < -0.3 is 5.32 Å². The number of nitriles is 1. The van der Waals surface area contributed by atoms with Gasteiger partial charge >= 0.3 is 0 Å². The number of aryl methyl sites for hydroxylation is 1. The first-order chi connectivity index (χ1) is 11.1. The Morgan fingerprint density at radius 1 is 1.13 bits per heavy atom. The molecule has 2 N–H and O–H groups in total. The van der Waals surface area contributed by atoms with E-state index in [1.807, 2.05) is 13.0 Å². The Kier molecular flexibility index (Phi) is 5.21. The zero-order valence-corrected chi connectivity index (χ0v) is 12.4. The number of pyridine rings is 1. The SMILES string of the molecule is Cc1cccc(N/C=C(/C#N)C(=O)NC(=O)c2ccccc2)n1. The molecule has 2 amide bonds. The fraction of sp³-hybridized carbons (Fsp3) is 0.0588. The molecule has 0 fully saturated rings. The number of carbonyl (C=O) groups is 2. The number of carbonyl (C=O) groups excluding carboxylic acids is 2. The molecule has 6 nitrogen and oxygen atoms in total. The van der Waals surface area contributed by atoms with Crippen molar-refractivity contribution in [1.82, 2.24) is 10.3 Å². The van der Waals surface area contributed by atoms with Gasteiger partial charge in [-0.15, -0.1) is 0 Å². The Balaban J connectivity index is 2.05. The largest absolute Gasteiger partial charge is 0.345 e. The van der Waals surface area contributed by atoms with Gasteiger partial charge in [0.15, 0.2) is 0 Å². The van der Waals surface area contributed by atoms with Gasteiger partial charge in [-0.25, -0.2) is 4.98 Å². The van der Waals surface area contributed by atoms with E-state index in [1.165, 1.54) is 6.20 Å². The van der Waals surface area contributed by atoms with Crippen molar-refractivity contribution in [2.45, 2.75) is 6.92 Å². The van der Waals surface area contributed by atoms with Crippen LogP contribution < -0.4 is 10.6 Å². The van der Waals surface area contributed by atoms with E-state index in [9.17, 15) is 9.59 Å². The van der Waals surface area contributed by atoms with Gasteiger partial charge in [0.1, 0.15) is 17.5 Å². The van der Waals surface area contributed by atoms with Crippen LogP contribution in [0.15, 0.2) is 60.3 Å². The van der Waals surface area contributed by atoms with Crippen molar-refractivity contribution in [2.75, 3.05) is 5.32 Å². The van der Waals surface area contributed by atoms with Crippen LogP contribution in [-0.4, -0.2) is 16.8 Å². The summed E-state index contributed by atoms with van der Waals surface area (Å²) in [6.45, 7) is 1.82. The summed E-state index contributed by atoms with van der Waals surface area (Å²) in [5, 5.41) is 14.0. The van der Waals surface area contributed by atoms with E-state index in [1.54, 1.807) is 48.5 Å². The van der Waals surface area contributed by atoms with E-state index in [-0.39, 0.29) is 5.57 Å². The van der Waals surface area contributed by atoms with Gasteiger partial charge in [-0.1, -0.05) is 24.3 Å². The third kappa shape index (κ3) is 4.51. The summed E-state index contributed by atoms with van der Waals surface area (Å²) in [5.74, 6) is -0.841. The van der Waals surface area contributed by atoms with Crippen LogP contribution in [0.5, 0.6) is 0 Å². The molecule has 0 aliphatic rings. The monoisotopic (exact) mass is 306 g/mol. The number of nitrogens with zero attached hydrogens (tertiary/aromatic N) is 2. The van der Waals surface area contributed by atoms with Crippen LogP contribution in [0.4, 0.5) is 5.82 Å². The fourth-order valence-electron chi connectivity index (χ4n) is 1.75. The molecule has 114 valence electrons. The number of aromatic nitrogens is 1. The molecule has 0 aliphatic carbocycles. The first-order valence-electron chi connectivity index (χ1n) is 6.81. The highest BCUT2D eigenvalue weighted by atomic mass is 16.2. The molecule has 0 radical (unpaired) electrons. The second-order valence-electron chi connectivity index (χ2n) is 4.63. The minimum Gasteiger partial charge on any atom is -0.345 e. The lowest BCUT2D eigenvalue weighted by molar-refractivity contribution is -0.116. The van der Waals surface area contributed by atoms with Gasteiger partial charge in [0.2, 0.25) is 0 Å². The van der Waals surface area contributed by atoms with Gasteiger partial charge in [-0.3, -0.25) is 14.9 Å². The van der Waals surface area contributed by atoms with Crippen LogP contribution >= 0.6 is 0 Å². The van der Waals surface area contributed by atoms with Crippen LogP contribution in [0.2, 0.25) is 0 Å². The molecular weight excluding hydrogens is 292 g/mol. The number of hydrogen-bond acceptors (Lipinski definition) is 5. The van der Waals surface area contributed by atoms with Crippen molar-refractivity contribution in [1.29, 1.82) is 5.26 Å². The average Bonchev–Trinajstić information content (AvgIpc) is 2.56. The maximum atomic E-state index is 12.0. The fourth-order valence-corrected chi connectivity index (χ4v) is 1.75. The van der Waals surface area contributed by atoms with Gasteiger partial charge in [0, 0.05) is 17.5 Å². The molecule has 2 rings (SSSR count). The molecular formula is C17H14N4O2. The molecule has 0 unspecified atom stereocenters. The molecule has 1 aromatic heterocycles. The highest BCUT2D eigenvalue weighted by Crippen LogP contribution is 2.05. The topological polar surface area (TPSA) is 94.9 Å². The first kappa shape index (κ1) is 15.9. The molecule has 0 atom stereocenters. The van der Waals surface area contributed by atoms with E-state index in [4.69, 9.17) is 5.26 Å². The number of nitrogens with one attached hydrogen (secondary N) is 2. The molecule has 2 aromatic rings. The van der Waals surface area contributed by atoms with Crippen molar-refractivity contribution < 1.29 is 9.59 Å². The zero-order valence-electron chi connectivity index (χ0n) is 12.4. The van der Waals surface area contributed by atoms with Crippen molar-refractivity contribution in [3.63, 3.8) is 0 Å². The molecule has 0 saturated heterocycles. The highest BCUT2D eigenvalue weighted by molar-refractivity contribution is 6.11. The second kappa shape index (κ2) is 7.52. The number of amides is 2. The Labute approximate surface area is 133 Å². The number of hydrogen-bond donors (Lipinski definition) is 2. The average molecular weight is 306 g/mol. The first-order valence-corrected chi connectivity index (χ1v) is 6.81. The van der Waals surface area contributed by atoms with E-state index in [0.29, 0.717) is 11.4 Å². The highest BCUT2D eigenvalue weighted by Gasteiger charge is 2.14. The Morgan fingerprint density at radius 3 is 2.52 bits per heavy atom. The van der Waals surface area contributed by atoms with Crippen LogP contribution in [0.1, 0.15) is 16.1 Å². The van der Waals surface area contributed by atoms with Crippen molar-refractivity contribution >= 4 is 17.6 Å². The van der Waals surface area contributed by atoms with E-state index in [0.717, 1.165) is 5.69 Å². The Morgan fingerprint density at radius 2 is 1.87 bits per heavy atom. The molecule has 0 bridgehead atoms. The third-order valence-electron chi connectivity index (χ3n) is 2.88.